The molecule has 3 heterocycles. The van der Waals surface area contributed by atoms with Crippen molar-refractivity contribution in [3.8, 4) is 11.3 Å². The van der Waals surface area contributed by atoms with Crippen LogP contribution in [0.1, 0.15) is 24.6 Å². The highest BCUT2D eigenvalue weighted by atomic mass is 35.5. The molecule has 10 heteroatoms. The Labute approximate surface area is 188 Å². The monoisotopic (exact) mass is 470 g/mol. The molecule has 2 fully saturated rings. The summed E-state index contributed by atoms with van der Waals surface area (Å²) in [7, 11) is 0. The van der Waals surface area contributed by atoms with Crippen LogP contribution in [0.5, 0.6) is 0 Å². The summed E-state index contributed by atoms with van der Waals surface area (Å²) in [6.45, 7) is 5.00. The number of imidazole rings is 1. The third-order valence-electron chi connectivity index (χ3n) is 5.32. The van der Waals surface area contributed by atoms with Crippen LogP contribution in [0.3, 0.4) is 0 Å². The Bertz CT molecular complexity index is 781. The van der Waals surface area contributed by atoms with Gasteiger partial charge in [0.15, 0.2) is 11.6 Å². The van der Waals surface area contributed by atoms with Gasteiger partial charge < -0.3 is 15.0 Å². The van der Waals surface area contributed by atoms with E-state index in [1.54, 1.807) is 6.07 Å². The van der Waals surface area contributed by atoms with Crippen LogP contribution in [0.25, 0.3) is 11.3 Å². The van der Waals surface area contributed by atoms with E-state index in [4.69, 9.17) is 4.98 Å². The van der Waals surface area contributed by atoms with Crippen molar-refractivity contribution in [3.05, 3.63) is 41.9 Å². The van der Waals surface area contributed by atoms with Gasteiger partial charge in [-0.3, -0.25) is 4.90 Å². The van der Waals surface area contributed by atoms with Crippen molar-refractivity contribution < 1.29 is 13.9 Å². The largest absolute Gasteiger partial charge is 0.390 e. The molecule has 2 saturated heterocycles. The highest BCUT2D eigenvalue weighted by Crippen LogP contribution is 2.29. The number of nitrogens with one attached hydrogen (secondary N) is 1. The van der Waals surface area contributed by atoms with Gasteiger partial charge in [0.2, 0.25) is 0 Å². The molecule has 5 nitrogen and oxygen atoms in total. The Morgan fingerprint density at radius 3 is 2.34 bits per heavy atom. The number of hydrogen-bond donors (Lipinski definition) is 2. The summed E-state index contributed by atoms with van der Waals surface area (Å²) < 4.78 is 29.0. The first-order valence-electron chi connectivity index (χ1n) is 9.24. The number of benzene rings is 1. The first kappa shape index (κ1) is 26.1. The summed E-state index contributed by atoms with van der Waals surface area (Å²) in [6.07, 6.45) is 3.78. The van der Waals surface area contributed by atoms with E-state index in [0.717, 1.165) is 50.9 Å². The zero-order chi connectivity index (χ0) is 18.1. The Morgan fingerprint density at radius 2 is 1.72 bits per heavy atom. The van der Waals surface area contributed by atoms with Crippen LogP contribution in [0.2, 0.25) is 0 Å². The van der Waals surface area contributed by atoms with Crippen LogP contribution in [-0.4, -0.2) is 58.4 Å². The van der Waals surface area contributed by atoms with Crippen LogP contribution < -0.4 is 5.32 Å². The van der Waals surface area contributed by atoms with E-state index in [2.05, 4.69) is 14.8 Å². The minimum Gasteiger partial charge on any atom is -0.390 e. The molecular formula is C19H27Cl3F2N4O. The van der Waals surface area contributed by atoms with Crippen LogP contribution in [0, 0.1) is 11.6 Å². The van der Waals surface area contributed by atoms with E-state index in [0.29, 0.717) is 30.3 Å². The number of halogens is 5. The molecule has 2 aliphatic rings. The van der Waals surface area contributed by atoms with Gasteiger partial charge in [-0.1, -0.05) is 0 Å². The van der Waals surface area contributed by atoms with Crippen LogP contribution in [-0.2, 0) is 6.54 Å². The lowest BCUT2D eigenvalue weighted by atomic mass is 9.97. The molecule has 1 aromatic carbocycles. The van der Waals surface area contributed by atoms with Crippen LogP contribution in [0.4, 0.5) is 8.78 Å². The van der Waals surface area contributed by atoms with Crippen molar-refractivity contribution in [2.75, 3.05) is 32.7 Å². The number of aliphatic hydroxyl groups excluding tert-OH is 1. The maximum Gasteiger partial charge on any atom is 0.159 e. The van der Waals surface area contributed by atoms with E-state index < -0.39 is 11.6 Å². The maximum atomic E-state index is 13.6. The Hall–Kier alpha value is -0.960. The summed E-state index contributed by atoms with van der Waals surface area (Å²) in [4.78, 5) is 6.99. The van der Waals surface area contributed by atoms with Gasteiger partial charge >= 0.3 is 0 Å². The molecule has 4 rings (SSSR count). The van der Waals surface area contributed by atoms with Gasteiger partial charge in [-0.05, 0) is 44.1 Å². The van der Waals surface area contributed by atoms with Crippen molar-refractivity contribution >= 4 is 37.2 Å². The highest BCUT2D eigenvalue weighted by Gasteiger charge is 2.26. The molecule has 2 N–H and O–H groups in total. The summed E-state index contributed by atoms with van der Waals surface area (Å²) in [5, 5.41) is 12.8. The average molecular weight is 472 g/mol. The van der Waals surface area contributed by atoms with Gasteiger partial charge in [0.1, 0.15) is 5.82 Å². The molecule has 0 atom stereocenters. The van der Waals surface area contributed by atoms with E-state index >= 15 is 0 Å². The molecule has 0 unspecified atom stereocenters. The molecule has 0 aliphatic carbocycles. The van der Waals surface area contributed by atoms with E-state index in [-0.39, 0.29) is 43.3 Å². The fourth-order valence-corrected chi connectivity index (χ4v) is 3.78. The number of nitrogens with zero attached hydrogens (tertiary/aromatic N) is 3. The normalized spacial score (nSPS) is 17.6. The number of β-amino-alcohol motifs (C(OH)–C–C–N with tert-alkyl or cyclic N) is 1. The molecule has 2 aromatic rings. The highest BCUT2D eigenvalue weighted by molar-refractivity contribution is 5.86. The lowest BCUT2D eigenvalue weighted by molar-refractivity contribution is 0.000381. The topological polar surface area (TPSA) is 53.3 Å². The van der Waals surface area contributed by atoms with Crippen LogP contribution in [0.15, 0.2) is 24.4 Å². The van der Waals surface area contributed by atoms with Gasteiger partial charge in [-0.15, -0.1) is 37.2 Å². The predicted octanol–water partition coefficient (Wildman–Crippen LogP) is 3.24. The molecular weight excluding hydrogens is 445 g/mol. The fraction of sp³-hybridized carbons (Fsp3) is 0.526. The van der Waals surface area contributed by atoms with Gasteiger partial charge in [0.25, 0.3) is 0 Å². The minimum atomic E-state index is -0.852. The molecule has 0 bridgehead atoms. The summed E-state index contributed by atoms with van der Waals surface area (Å²) >= 11 is 0. The molecule has 0 amide bonds. The van der Waals surface area contributed by atoms with Crippen molar-refractivity contribution in [1.82, 2.24) is 19.8 Å². The summed E-state index contributed by atoms with van der Waals surface area (Å²) in [5.74, 6) is -0.303. The number of hydrogen-bond acceptors (Lipinski definition) is 4. The zero-order valence-electron chi connectivity index (χ0n) is 15.9. The summed E-state index contributed by atoms with van der Waals surface area (Å²) in [6, 6.07) is 3.93. The molecule has 29 heavy (non-hydrogen) atoms. The number of likely N-dealkylation sites (tertiary alicyclic amines) is 1. The van der Waals surface area contributed by atoms with E-state index in [9.17, 15) is 13.9 Å². The average Bonchev–Trinajstić information content (AvgIpc) is 3.05. The van der Waals surface area contributed by atoms with E-state index in [1.807, 2.05) is 6.20 Å². The van der Waals surface area contributed by atoms with Gasteiger partial charge in [0, 0.05) is 43.9 Å². The zero-order valence-corrected chi connectivity index (χ0v) is 18.3. The van der Waals surface area contributed by atoms with Crippen molar-refractivity contribution in [2.45, 2.75) is 31.4 Å². The van der Waals surface area contributed by atoms with Crippen LogP contribution >= 0.6 is 37.2 Å². The van der Waals surface area contributed by atoms with Crippen molar-refractivity contribution in [1.29, 1.82) is 0 Å². The Kier molecular flexibility index (Phi) is 10.3. The summed E-state index contributed by atoms with van der Waals surface area (Å²) in [5.41, 5.74) is 1.28. The number of piperidine rings is 1. The van der Waals surface area contributed by atoms with Crippen molar-refractivity contribution in [3.63, 3.8) is 0 Å². The Morgan fingerprint density at radius 1 is 1.03 bits per heavy atom. The lowest BCUT2D eigenvalue weighted by Crippen LogP contribution is -2.51. The van der Waals surface area contributed by atoms with Gasteiger partial charge in [-0.25, -0.2) is 13.8 Å². The number of aliphatic hydroxyl groups is 1. The second-order valence-corrected chi connectivity index (χ2v) is 7.24. The SMILES string of the molecule is Cl.Cl.Cl.OC1CN(CCn2cc(-c3ccc(F)c(F)c3)nc2C2CCNCC2)C1. The first-order chi connectivity index (χ1) is 12.6. The first-order valence-corrected chi connectivity index (χ1v) is 9.24. The quantitative estimate of drug-likeness (QED) is 0.703. The smallest absolute Gasteiger partial charge is 0.159 e. The number of rotatable bonds is 5. The van der Waals surface area contributed by atoms with Crippen molar-refractivity contribution in [2.24, 2.45) is 0 Å². The second kappa shape index (κ2) is 11.4. The predicted molar refractivity (Wildman–Crippen MR) is 117 cm³/mol. The minimum absolute atomic E-state index is 0. The Balaban J connectivity index is 0.00000140. The van der Waals surface area contributed by atoms with E-state index in [1.165, 1.54) is 6.07 Å². The second-order valence-electron chi connectivity index (χ2n) is 7.24. The maximum absolute atomic E-state index is 13.6. The third-order valence-corrected chi connectivity index (χ3v) is 5.32. The molecule has 0 saturated carbocycles. The molecule has 1 aromatic heterocycles. The van der Waals surface area contributed by atoms with Gasteiger partial charge in [-0.2, -0.15) is 0 Å². The number of aromatic nitrogens is 2. The molecule has 0 spiro atoms. The molecule has 2 aliphatic heterocycles. The molecule has 0 radical (unpaired) electrons. The lowest BCUT2D eigenvalue weighted by Gasteiger charge is -2.36. The molecule has 164 valence electrons. The standard InChI is InChI=1S/C19H24F2N4O.3ClH/c20-16-2-1-14(9-17(16)21)18-12-25(8-7-24-10-15(26)11-24)19(23-18)13-3-5-22-6-4-13;;;/h1-2,9,12-13,15,22,26H,3-8,10-11H2;3*1H. The van der Waals surface area contributed by atoms with Gasteiger partial charge in [0.05, 0.1) is 11.8 Å². The fourth-order valence-electron chi connectivity index (χ4n) is 3.78. The third kappa shape index (κ3) is 6.03.